The number of methoxy groups -OCH3 is 1. The second-order valence-electron chi connectivity index (χ2n) is 4.87. The maximum atomic E-state index is 11.7. The third-order valence-electron chi connectivity index (χ3n) is 3.07. The lowest BCUT2D eigenvalue weighted by molar-refractivity contribution is 0.159. The number of carbonyl (C=O) groups excluding carboxylic acids is 1. The van der Waals surface area contributed by atoms with E-state index in [-0.39, 0.29) is 11.4 Å². The van der Waals surface area contributed by atoms with Gasteiger partial charge in [-0.2, -0.15) is 0 Å². The van der Waals surface area contributed by atoms with Crippen LogP contribution in [0.25, 0.3) is 0 Å². The number of hydrogen-bond acceptors (Lipinski definition) is 5. The number of ether oxygens (including phenoxy) is 2. The molecule has 1 aliphatic heterocycles. The third-order valence-corrected chi connectivity index (χ3v) is 3.07. The predicted octanol–water partition coefficient (Wildman–Crippen LogP) is 1.03. The SMILES string of the molecule is COc1cc(NC(=O)NCC2(C)CCOC2)ncn1. The molecule has 2 heterocycles. The molecule has 0 saturated carbocycles. The normalized spacial score (nSPS) is 22.0. The zero-order valence-corrected chi connectivity index (χ0v) is 11.1. The van der Waals surface area contributed by atoms with Crippen molar-refractivity contribution in [2.75, 3.05) is 32.2 Å². The molecule has 2 N–H and O–H groups in total. The van der Waals surface area contributed by atoms with E-state index >= 15 is 0 Å². The van der Waals surface area contributed by atoms with Crippen molar-refractivity contribution >= 4 is 11.8 Å². The lowest BCUT2D eigenvalue weighted by Gasteiger charge is -2.21. The third kappa shape index (κ3) is 3.78. The number of rotatable bonds is 4. The average molecular weight is 266 g/mol. The summed E-state index contributed by atoms with van der Waals surface area (Å²) in [4.78, 5) is 19.5. The molecule has 0 radical (unpaired) electrons. The first-order chi connectivity index (χ1) is 9.11. The number of carbonyl (C=O) groups is 1. The largest absolute Gasteiger partial charge is 0.481 e. The predicted molar refractivity (Wildman–Crippen MR) is 69.1 cm³/mol. The monoisotopic (exact) mass is 266 g/mol. The van der Waals surface area contributed by atoms with Crippen LogP contribution in [0.1, 0.15) is 13.3 Å². The first-order valence-corrected chi connectivity index (χ1v) is 6.10. The van der Waals surface area contributed by atoms with Crippen molar-refractivity contribution < 1.29 is 14.3 Å². The van der Waals surface area contributed by atoms with E-state index < -0.39 is 0 Å². The summed E-state index contributed by atoms with van der Waals surface area (Å²) in [5, 5.41) is 5.46. The number of anilines is 1. The first-order valence-electron chi connectivity index (χ1n) is 6.10. The van der Waals surface area contributed by atoms with Gasteiger partial charge in [0, 0.05) is 24.6 Å². The van der Waals surface area contributed by atoms with Crippen LogP contribution in [-0.2, 0) is 4.74 Å². The van der Waals surface area contributed by atoms with Gasteiger partial charge in [-0.3, -0.25) is 5.32 Å². The van der Waals surface area contributed by atoms with Gasteiger partial charge in [-0.15, -0.1) is 0 Å². The molecular formula is C12H18N4O3. The Labute approximate surface area is 111 Å². The standard InChI is InChI=1S/C12H18N4O3/c1-12(3-4-19-7-12)6-13-11(17)16-9-5-10(18-2)15-8-14-9/h5,8H,3-4,6-7H2,1-2H3,(H2,13,14,15,16,17). The molecule has 0 spiro atoms. The summed E-state index contributed by atoms with van der Waals surface area (Å²) in [6.45, 7) is 4.09. The summed E-state index contributed by atoms with van der Waals surface area (Å²) < 4.78 is 10.3. The van der Waals surface area contributed by atoms with E-state index in [2.05, 4.69) is 27.5 Å². The molecule has 1 fully saturated rings. The van der Waals surface area contributed by atoms with Crippen LogP contribution >= 0.6 is 0 Å². The molecule has 2 amide bonds. The van der Waals surface area contributed by atoms with E-state index in [1.54, 1.807) is 6.07 Å². The van der Waals surface area contributed by atoms with Crippen LogP contribution in [0.3, 0.4) is 0 Å². The van der Waals surface area contributed by atoms with Crippen LogP contribution < -0.4 is 15.4 Å². The highest BCUT2D eigenvalue weighted by Crippen LogP contribution is 2.26. The molecule has 1 aliphatic rings. The molecule has 1 unspecified atom stereocenters. The highest BCUT2D eigenvalue weighted by Gasteiger charge is 2.29. The summed E-state index contributed by atoms with van der Waals surface area (Å²) in [7, 11) is 1.51. The van der Waals surface area contributed by atoms with Gasteiger partial charge < -0.3 is 14.8 Å². The highest BCUT2D eigenvalue weighted by atomic mass is 16.5. The molecule has 7 nitrogen and oxygen atoms in total. The second-order valence-corrected chi connectivity index (χ2v) is 4.87. The number of nitrogens with zero attached hydrogens (tertiary/aromatic N) is 2. The van der Waals surface area contributed by atoms with Crippen LogP contribution in [0.15, 0.2) is 12.4 Å². The van der Waals surface area contributed by atoms with Gasteiger partial charge in [0.25, 0.3) is 0 Å². The minimum absolute atomic E-state index is 0.0146. The topological polar surface area (TPSA) is 85.4 Å². The van der Waals surface area contributed by atoms with Crippen molar-refractivity contribution in [2.24, 2.45) is 5.41 Å². The summed E-state index contributed by atoms with van der Waals surface area (Å²) in [6, 6.07) is 1.26. The molecule has 104 valence electrons. The first kappa shape index (κ1) is 13.5. The minimum Gasteiger partial charge on any atom is -0.481 e. The Hall–Kier alpha value is -1.89. The van der Waals surface area contributed by atoms with Gasteiger partial charge in [-0.05, 0) is 6.42 Å². The number of nitrogens with one attached hydrogen (secondary N) is 2. The van der Waals surface area contributed by atoms with E-state index in [1.807, 2.05) is 0 Å². The minimum atomic E-state index is -0.297. The van der Waals surface area contributed by atoms with E-state index in [4.69, 9.17) is 9.47 Å². The Morgan fingerprint density at radius 1 is 1.58 bits per heavy atom. The lowest BCUT2D eigenvalue weighted by atomic mass is 9.90. The Morgan fingerprint density at radius 2 is 2.42 bits per heavy atom. The van der Waals surface area contributed by atoms with Crippen LogP contribution in [0.5, 0.6) is 5.88 Å². The van der Waals surface area contributed by atoms with Gasteiger partial charge in [-0.25, -0.2) is 14.8 Å². The molecule has 1 atom stereocenters. The molecule has 1 aromatic rings. The molecule has 19 heavy (non-hydrogen) atoms. The quantitative estimate of drug-likeness (QED) is 0.850. The summed E-state index contributed by atoms with van der Waals surface area (Å²) in [5.74, 6) is 0.804. The Balaban J connectivity index is 1.83. The Kier molecular flexibility index (Phi) is 4.16. The van der Waals surface area contributed by atoms with Crippen molar-refractivity contribution in [3.05, 3.63) is 12.4 Å². The zero-order valence-electron chi connectivity index (χ0n) is 11.1. The summed E-state index contributed by atoms with van der Waals surface area (Å²) in [6.07, 6.45) is 2.29. The number of aromatic nitrogens is 2. The Morgan fingerprint density at radius 3 is 3.11 bits per heavy atom. The van der Waals surface area contributed by atoms with Gasteiger partial charge in [-0.1, -0.05) is 6.92 Å². The van der Waals surface area contributed by atoms with Crippen LogP contribution in [0.4, 0.5) is 10.6 Å². The molecule has 2 rings (SSSR count). The molecule has 1 aromatic heterocycles. The molecule has 0 aromatic carbocycles. The second kappa shape index (κ2) is 5.83. The highest BCUT2D eigenvalue weighted by molar-refractivity contribution is 5.88. The number of amides is 2. The van der Waals surface area contributed by atoms with Crippen molar-refractivity contribution in [1.29, 1.82) is 0 Å². The van der Waals surface area contributed by atoms with Crippen LogP contribution in [-0.4, -0.2) is 42.9 Å². The van der Waals surface area contributed by atoms with Gasteiger partial charge in [0.1, 0.15) is 12.1 Å². The summed E-state index contributed by atoms with van der Waals surface area (Å²) in [5.41, 5.74) is 0.0146. The smallest absolute Gasteiger partial charge is 0.320 e. The average Bonchev–Trinajstić information content (AvgIpc) is 2.84. The van der Waals surface area contributed by atoms with Crippen molar-refractivity contribution in [1.82, 2.24) is 15.3 Å². The maximum Gasteiger partial charge on any atom is 0.320 e. The van der Waals surface area contributed by atoms with Gasteiger partial charge in [0.05, 0.1) is 13.7 Å². The fourth-order valence-electron chi connectivity index (χ4n) is 1.82. The van der Waals surface area contributed by atoms with Crippen LogP contribution in [0.2, 0.25) is 0 Å². The van der Waals surface area contributed by atoms with Crippen molar-refractivity contribution in [3.8, 4) is 5.88 Å². The molecule has 0 aliphatic carbocycles. The molecular weight excluding hydrogens is 248 g/mol. The maximum absolute atomic E-state index is 11.7. The van der Waals surface area contributed by atoms with Crippen molar-refractivity contribution in [3.63, 3.8) is 0 Å². The fraction of sp³-hybridized carbons (Fsp3) is 0.583. The molecule has 1 saturated heterocycles. The molecule has 7 heteroatoms. The van der Waals surface area contributed by atoms with Gasteiger partial charge in [0.2, 0.25) is 5.88 Å². The number of urea groups is 1. The van der Waals surface area contributed by atoms with E-state index in [9.17, 15) is 4.79 Å². The lowest BCUT2D eigenvalue weighted by Crippen LogP contribution is -2.38. The van der Waals surface area contributed by atoms with E-state index in [0.29, 0.717) is 24.8 Å². The van der Waals surface area contributed by atoms with Gasteiger partial charge in [0.15, 0.2) is 0 Å². The number of hydrogen-bond donors (Lipinski definition) is 2. The fourth-order valence-corrected chi connectivity index (χ4v) is 1.82. The zero-order chi connectivity index (χ0) is 13.7. The Bertz CT molecular complexity index is 446. The van der Waals surface area contributed by atoms with E-state index in [1.165, 1.54) is 13.4 Å². The van der Waals surface area contributed by atoms with Crippen LogP contribution in [0, 0.1) is 5.41 Å². The van der Waals surface area contributed by atoms with Crippen molar-refractivity contribution in [2.45, 2.75) is 13.3 Å². The van der Waals surface area contributed by atoms with Gasteiger partial charge >= 0.3 is 6.03 Å². The summed E-state index contributed by atoms with van der Waals surface area (Å²) >= 11 is 0. The van der Waals surface area contributed by atoms with E-state index in [0.717, 1.165) is 13.0 Å². The molecule has 0 bridgehead atoms.